The quantitative estimate of drug-likeness (QED) is 0.0846. The number of benzene rings is 3. The molecular weight excluding hydrogens is 769 g/mol. The summed E-state index contributed by atoms with van der Waals surface area (Å²) in [6, 6.07) is 13.6. The molecule has 2 saturated heterocycles. The highest BCUT2D eigenvalue weighted by molar-refractivity contribution is 6.09. The Bertz CT molecular complexity index is 2700. The van der Waals surface area contributed by atoms with Crippen molar-refractivity contribution in [3.63, 3.8) is 0 Å². The zero-order valence-electron chi connectivity index (χ0n) is 34.1. The number of primary amides is 1. The van der Waals surface area contributed by atoms with E-state index in [0.29, 0.717) is 65.2 Å². The van der Waals surface area contributed by atoms with Crippen LogP contribution in [0.5, 0.6) is 0 Å². The van der Waals surface area contributed by atoms with Crippen molar-refractivity contribution in [3.8, 4) is 22.5 Å². The SMILES string of the molecule is COC(=O)N[C@H](C(=O)N1CCC[C@H]1c1ncc(-c2ccc3oc4ccc5cc(-c6cnc([C@@H]7CCCN7C(=O)[C@@H](OC(N)=O)C(C)C)[nH]6)ccc5c4c(=O)c3c2)[nH]1)C(C)C. The van der Waals surface area contributed by atoms with E-state index in [2.05, 4.69) is 25.3 Å². The van der Waals surface area contributed by atoms with Gasteiger partial charge in [-0.15, -0.1) is 0 Å². The van der Waals surface area contributed by atoms with Crippen molar-refractivity contribution in [1.82, 2.24) is 35.1 Å². The zero-order valence-corrected chi connectivity index (χ0v) is 34.1. The first kappa shape index (κ1) is 40.1. The molecule has 2 aliphatic rings. The molecular formula is C44H48N8O8. The second-order valence-electron chi connectivity index (χ2n) is 16.2. The van der Waals surface area contributed by atoms with E-state index in [4.69, 9.17) is 19.6 Å². The number of carbonyl (C=O) groups excluding carboxylic acids is 4. The summed E-state index contributed by atoms with van der Waals surface area (Å²) in [7, 11) is 1.27. The van der Waals surface area contributed by atoms with Gasteiger partial charge in [0.05, 0.1) is 53.7 Å². The molecule has 0 saturated carbocycles. The Morgan fingerprint density at radius 1 is 0.800 bits per heavy atom. The molecule has 0 unspecified atom stereocenters. The first-order valence-electron chi connectivity index (χ1n) is 20.3. The van der Waals surface area contributed by atoms with Crippen molar-refractivity contribution in [2.24, 2.45) is 17.6 Å². The number of nitrogens with zero attached hydrogens (tertiary/aromatic N) is 4. The van der Waals surface area contributed by atoms with E-state index in [-0.39, 0.29) is 41.2 Å². The summed E-state index contributed by atoms with van der Waals surface area (Å²) < 4.78 is 16.2. The largest absolute Gasteiger partial charge is 0.456 e. The lowest BCUT2D eigenvalue weighted by molar-refractivity contribution is -0.143. The van der Waals surface area contributed by atoms with Gasteiger partial charge >= 0.3 is 12.2 Å². The van der Waals surface area contributed by atoms with Gasteiger partial charge in [0.2, 0.25) is 11.3 Å². The van der Waals surface area contributed by atoms with Crippen LogP contribution in [-0.2, 0) is 19.1 Å². The number of aromatic nitrogens is 4. The van der Waals surface area contributed by atoms with E-state index in [0.717, 1.165) is 40.4 Å². The Labute approximate surface area is 344 Å². The third-order valence-electron chi connectivity index (χ3n) is 11.7. The molecule has 5 heterocycles. The van der Waals surface area contributed by atoms with Crippen LogP contribution in [0.1, 0.15) is 77.1 Å². The molecule has 0 bridgehead atoms. The summed E-state index contributed by atoms with van der Waals surface area (Å²) in [6.07, 6.45) is 3.77. The van der Waals surface area contributed by atoms with Crippen molar-refractivity contribution in [2.75, 3.05) is 20.2 Å². The molecule has 4 amide bonds. The van der Waals surface area contributed by atoms with Crippen LogP contribution in [0.4, 0.5) is 9.59 Å². The summed E-state index contributed by atoms with van der Waals surface area (Å²) in [6.45, 7) is 8.40. The number of aromatic amines is 2. The number of methoxy groups -OCH3 is 1. The first-order chi connectivity index (χ1) is 28.8. The zero-order chi connectivity index (χ0) is 42.4. The Hall–Kier alpha value is -6.71. The van der Waals surface area contributed by atoms with Crippen molar-refractivity contribution in [3.05, 3.63) is 82.8 Å². The number of likely N-dealkylation sites (tertiary alicyclic amines) is 2. The summed E-state index contributed by atoms with van der Waals surface area (Å²) >= 11 is 0. The lowest BCUT2D eigenvalue weighted by atomic mass is 10.00. The summed E-state index contributed by atoms with van der Waals surface area (Å²) in [5, 5.41) is 5.10. The molecule has 6 aromatic rings. The van der Waals surface area contributed by atoms with Gasteiger partial charge in [0.1, 0.15) is 28.9 Å². The Balaban J connectivity index is 1.06. The Kier molecular flexibility index (Phi) is 10.8. The van der Waals surface area contributed by atoms with E-state index in [1.165, 1.54) is 7.11 Å². The third kappa shape index (κ3) is 7.41. The van der Waals surface area contributed by atoms with Gasteiger partial charge in [0.15, 0.2) is 6.10 Å². The number of hydrogen-bond donors (Lipinski definition) is 4. The predicted molar refractivity (Wildman–Crippen MR) is 223 cm³/mol. The van der Waals surface area contributed by atoms with Crippen LogP contribution in [0.25, 0.3) is 55.2 Å². The molecule has 16 nitrogen and oxygen atoms in total. The van der Waals surface area contributed by atoms with Crippen LogP contribution in [0.2, 0.25) is 0 Å². The van der Waals surface area contributed by atoms with Crippen LogP contribution in [0.15, 0.2) is 70.1 Å². The van der Waals surface area contributed by atoms with Crippen molar-refractivity contribution < 1.29 is 33.1 Å². The number of nitrogens with two attached hydrogens (primary N) is 1. The molecule has 16 heteroatoms. The van der Waals surface area contributed by atoms with Gasteiger partial charge in [0, 0.05) is 24.2 Å². The van der Waals surface area contributed by atoms with Gasteiger partial charge in [-0.05, 0) is 78.6 Å². The predicted octanol–water partition coefficient (Wildman–Crippen LogP) is 6.71. The number of fused-ring (bicyclic) bond motifs is 4. The molecule has 0 radical (unpaired) electrons. The van der Waals surface area contributed by atoms with E-state index in [1.807, 2.05) is 44.2 Å². The number of amides is 4. The highest BCUT2D eigenvalue weighted by Gasteiger charge is 2.39. The van der Waals surface area contributed by atoms with Crippen molar-refractivity contribution in [1.29, 1.82) is 0 Å². The second-order valence-corrected chi connectivity index (χ2v) is 16.2. The minimum atomic E-state index is -0.988. The van der Waals surface area contributed by atoms with E-state index in [1.54, 1.807) is 54.2 Å². The van der Waals surface area contributed by atoms with Crippen LogP contribution in [0, 0.1) is 11.8 Å². The lowest BCUT2D eigenvalue weighted by Crippen LogP contribution is -2.51. The average molecular weight is 817 g/mol. The van der Waals surface area contributed by atoms with Gasteiger partial charge in [-0.2, -0.15) is 0 Å². The third-order valence-corrected chi connectivity index (χ3v) is 11.7. The highest BCUT2D eigenvalue weighted by atomic mass is 16.6. The maximum Gasteiger partial charge on any atom is 0.407 e. The monoisotopic (exact) mass is 816 g/mol. The van der Waals surface area contributed by atoms with Crippen molar-refractivity contribution in [2.45, 2.75) is 77.6 Å². The minimum absolute atomic E-state index is 0.154. The fourth-order valence-corrected chi connectivity index (χ4v) is 8.59. The van der Waals surface area contributed by atoms with E-state index >= 15 is 0 Å². The normalized spacial score (nSPS) is 17.9. The minimum Gasteiger partial charge on any atom is -0.456 e. The summed E-state index contributed by atoms with van der Waals surface area (Å²) in [5.74, 6) is 0.349. The highest BCUT2D eigenvalue weighted by Crippen LogP contribution is 2.36. The maximum absolute atomic E-state index is 14.3. The van der Waals surface area contributed by atoms with Gasteiger partial charge in [-0.3, -0.25) is 14.4 Å². The van der Waals surface area contributed by atoms with Crippen LogP contribution < -0.4 is 16.5 Å². The number of alkyl carbamates (subject to hydrolysis) is 1. The molecule has 312 valence electrons. The molecule has 60 heavy (non-hydrogen) atoms. The molecule has 2 aliphatic heterocycles. The number of hydrogen-bond acceptors (Lipinski definition) is 10. The standard InChI is InChI=1S/C44H48N8O8/c1-22(2)36(50-44(57)58-5)41(54)51-16-6-8-31(51)39-47-21-30(49-39)26-12-14-33-28(19-26)37(53)35-27-13-10-25(18-24(27)11-15-34(35)59-33)29-20-46-40(48-29)32-9-7-17-52(32)42(55)38(23(3)4)60-43(45)56/h10-15,18-23,31-32,36,38H,6-9,16-17H2,1-5H3,(H2,45,56)(H,46,48)(H,47,49)(H,50,57)/t31-,32-,36-,38-/m0/s1. The topological polar surface area (TPSA) is 219 Å². The number of H-pyrrole nitrogens is 2. The smallest absolute Gasteiger partial charge is 0.407 e. The molecule has 0 spiro atoms. The van der Waals surface area contributed by atoms with Gasteiger partial charge in [-0.1, -0.05) is 45.9 Å². The Morgan fingerprint density at radius 2 is 1.40 bits per heavy atom. The van der Waals surface area contributed by atoms with Crippen LogP contribution in [-0.4, -0.2) is 86.1 Å². The lowest BCUT2D eigenvalue weighted by Gasteiger charge is -2.30. The maximum atomic E-state index is 14.3. The number of carbonyl (C=O) groups is 4. The fraction of sp³-hybridized carbons (Fsp3) is 0.386. The van der Waals surface area contributed by atoms with Gasteiger partial charge in [0.25, 0.3) is 5.91 Å². The first-order valence-corrected chi connectivity index (χ1v) is 20.3. The molecule has 5 N–H and O–H groups in total. The van der Waals surface area contributed by atoms with E-state index < -0.39 is 24.3 Å². The molecule has 3 aromatic heterocycles. The molecule has 3 aromatic carbocycles. The molecule has 2 fully saturated rings. The van der Waals surface area contributed by atoms with E-state index in [9.17, 15) is 24.0 Å². The summed E-state index contributed by atoms with van der Waals surface area (Å²) in [5.41, 5.74) is 9.02. The van der Waals surface area contributed by atoms with Gasteiger partial charge < -0.3 is 44.7 Å². The summed E-state index contributed by atoms with van der Waals surface area (Å²) in [4.78, 5) is 84.6. The number of rotatable bonds is 10. The fourth-order valence-electron chi connectivity index (χ4n) is 8.59. The molecule has 4 atom stereocenters. The molecule has 8 rings (SSSR count). The molecule has 0 aliphatic carbocycles. The second kappa shape index (κ2) is 16.2. The number of ether oxygens (including phenoxy) is 2. The van der Waals surface area contributed by atoms with Gasteiger partial charge in [-0.25, -0.2) is 19.6 Å². The average Bonchev–Trinajstić information content (AvgIpc) is 4.08. The number of nitrogens with one attached hydrogen (secondary N) is 3. The number of imidazole rings is 2. The van der Waals surface area contributed by atoms with Crippen LogP contribution >= 0.6 is 0 Å². The van der Waals surface area contributed by atoms with Crippen LogP contribution in [0.3, 0.4) is 0 Å². The Morgan fingerprint density at radius 3 is 2.00 bits per heavy atom. The van der Waals surface area contributed by atoms with Crippen molar-refractivity contribution >= 4 is 56.7 Å².